The van der Waals surface area contributed by atoms with Crippen LogP contribution in [0.1, 0.15) is 30.9 Å². The van der Waals surface area contributed by atoms with E-state index in [2.05, 4.69) is 6.07 Å². The van der Waals surface area contributed by atoms with Gasteiger partial charge in [0.1, 0.15) is 5.75 Å². The van der Waals surface area contributed by atoms with Gasteiger partial charge < -0.3 is 9.47 Å². The first-order chi connectivity index (χ1) is 8.11. The molecule has 0 spiro atoms. The lowest BCUT2D eigenvalue weighted by molar-refractivity contribution is -0.147. The molecule has 0 heterocycles. The summed E-state index contributed by atoms with van der Waals surface area (Å²) in [6.45, 7) is 1.95. The maximum atomic E-state index is 12.0. The number of aryl methyl sites for hydroxylation is 1. The van der Waals surface area contributed by atoms with Crippen LogP contribution in [0.25, 0.3) is 0 Å². The lowest BCUT2D eigenvalue weighted by Crippen LogP contribution is -2.37. The molecule has 17 heavy (non-hydrogen) atoms. The second-order valence-corrected chi connectivity index (χ2v) is 4.70. The van der Waals surface area contributed by atoms with Gasteiger partial charge in [0.2, 0.25) is 0 Å². The first-order valence-electron chi connectivity index (χ1n) is 5.87. The van der Waals surface area contributed by atoms with E-state index in [0.717, 1.165) is 30.6 Å². The normalized spacial score (nSPS) is 22.8. The Balaban J connectivity index is 2.52. The SMILES string of the molecule is COC(=O)C1(C)CCCc2ccc(OC)cc21. The smallest absolute Gasteiger partial charge is 0.316 e. The van der Waals surface area contributed by atoms with Crippen LogP contribution in [0.2, 0.25) is 0 Å². The quantitative estimate of drug-likeness (QED) is 0.737. The molecule has 0 aromatic heterocycles. The van der Waals surface area contributed by atoms with Gasteiger partial charge in [-0.05, 0) is 49.4 Å². The van der Waals surface area contributed by atoms with Crippen LogP contribution in [0.3, 0.4) is 0 Å². The fourth-order valence-corrected chi connectivity index (χ4v) is 2.62. The topological polar surface area (TPSA) is 35.5 Å². The van der Waals surface area contributed by atoms with Crippen LogP contribution < -0.4 is 4.74 Å². The molecule has 0 saturated heterocycles. The van der Waals surface area contributed by atoms with E-state index >= 15 is 0 Å². The standard InChI is InChI=1S/C14H18O3/c1-14(13(15)17-3)8-4-5-10-6-7-11(16-2)9-12(10)14/h6-7,9H,4-5,8H2,1-3H3. The third-order valence-corrected chi connectivity index (χ3v) is 3.67. The molecule has 2 rings (SSSR count). The summed E-state index contributed by atoms with van der Waals surface area (Å²) >= 11 is 0. The molecule has 3 heteroatoms. The van der Waals surface area contributed by atoms with Crippen molar-refractivity contribution in [3.05, 3.63) is 29.3 Å². The van der Waals surface area contributed by atoms with Gasteiger partial charge in [0.05, 0.1) is 19.6 Å². The summed E-state index contributed by atoms with van der Waals surface area (Å²) in [6.07, 6.45) is 2.87. The number of hydrogen-bond acceptors (Lipinski definition) is 3. The van der Waals surface area contributed by atoms with Crippen molar-refractivity contribution in [3.63, 3.8) is 0 Å². The molecule has 0 bridgehead atoms. The summed E-state index contributed by atoms with van der Waals surface area (Å²) in [6, 6.07) is 5.96. The van der Waals surface area contributed by atoms with Crippen LogP contribution in [0, 0.1) is 0 Å². The molecule has 1 aromatic carbocycles. The first-order valence-corrected chi connectivity index (χ1v) is 5.87. The Morgan fingerprint density at radius 1 is 1.35 bits per heavy atom. The van der Waals surface area contributed by atoms with E-state index in [4.69, 9.17) is 9.47 Å². The van der Waals surface area contributed by atoms with Gasteiger partial charge in [-0.15, -0.1) is 0 Å². The number of rotatable bonds is 2. The van der Waals surface area contributed by atoms with Crippen molar-refractivity contribution in [2.75, 3.05) is 14.2 Å². The minimum absolute atomic E-state index is 0.160. The zero-order valence-corrected chi connectivity index (χ0v) is 10.6. The third-order valence-electron chi connectivity index (χ3n) is 3.67. The van der Waals surface area contributed by atoms with E-state index in [1.54, 1.807) is 7.11 Å². The molecule has 1 aliphatic carbocycles. The molecule has 0 aliphatic heterocycles. The van der Waals surface area contributed by atoms with E-state index in [1.807, 2.05) is 19.1 Å². The highest BCUT2D eigenvalue weighted by Crippen LogP contribution is 2.39. The molecule has 1 aromatic rings. The number of methoxy groups -OCH3 is 2. The molecule has 1 atom stereocenters. The van der Waals surface area contributed by atoms with Gasteiger partial charge in [0.15, 0.2) is 0 Å². The highest BCUT2D eigenvalue weighted by Gasteiger charge is 2.40. The summed E-state index contributed by atoms with van der Waals surface area (Å²) in [4.78, 5) is 12.0. The van der Waals surface area contributed by atoms with E-state index in [0.29, 0.717) is 0 Å². The molecule has 92 valence electrons. The minimum atomic E-state index is -0.531. The average Bonchev–Trinajstić information content (AvgIpc) is 2.37. The Hall–Kier alpha value is -1.51. The highest BCUT2D eigenvalue weighted by molar-refractivity contribution is 5.83. The van der Waals surface area contributed by atoms with Gasteiger partial charge in [0.25, 0.3) is 0 Å². The number of carbonyl (C=O) groups is 1. The summed E-state index contributed by atoms with van der Waals surface area (Å²) < 4.78 is 10.2. The molecule has 0 saturated carbocycles. The van der Waals surface area contributed by atoms with Gasteiger partial charge in [-0.25, -0.2) is 0 Å². The van der Waals surface area contributed by atoms with Crippen molar-refractivity contribution >= 4 is 5.97 Å². The molecular weight excluding hydrogens is 216 g/mol. The van der Waals surface area contributed by atoms with Crippen molar-refractivity contribution in [1.82, 2.24) is 0 Å². The minimum Gasteiger partial charge on any atom is -0.497 e. The van der Waals surface area contributed by atoms with Gasteiger partial charge in [0, 0.05) is 0 Å². The van der Waals surface area contributed by atoms with E-state index in [9.17, 15) is 4.79 Å². The van der Waals surface area contributed by atoms with Crippen LogP contribution in [-0.4, -0.2) is 20.2 Å². The Kier molecular flexibility index (Phi) is 3.09. The van der Waals surface area contributed by atoms with Gasteiger partial charge in [-0.1, -0.05) is 6.07 Å². The Morgan fingerprint density at radius 2 is 2.12 bits per heavy atom. The lowest BCUT2D eigenvalue weighted by Gasteiger charge is -2.33. The summed E-state index contributed by atoms with van der Waals surface area (Å²) in [5.74, 6) is 0.632. The van der Waals surface area contributed by atoms with Crippen LogP contribution >= 0.6 is 0 Å². The maximum absolute atomic E-state index is 12.0. The van der Waals surface area contributed by atoms with Crippen molar-refractivity contribution in [3.8, 4) is 5.75 Å². The van der Waals surface area contributed by atoms with Crippen molar-refractivity contribution in [1.29, 1.82) is 0 Å². The Morgan fingerprint density at radius 3 is 2.76 bits per heavy atom. The molecule has 0 fully saturated rings. The van der Waals surface area contributed by atoms with Gasteiger partial charge in [-0.2, -0.15) is 0 Å². The van der Waals surface area contributed by atoms with Crippen LogP contribution in [0.4, 0.5) is 0 Å². The fourth-order valence-electron chi connectivity index (χ4n) is 2.62. The summed E-state index contributed by atoms with van der Waals surface area (Å²) in [7, 11) is 3.09. The third kappa shape index (κ3) is 1.90. The van der Waals surface area contributed by atoms with E-state index in [-0.39, 0.29) is 5.97 Å². The fraction of sp³-hybridized carbons (Fsp3) is 0.500. The van der Waals surface area contributed by atoms with Gasteiger partial charge >= 0.3 is 5.97 Å². The van der Waals surface area contributed by atoms with Crippen molar-refractivity contribution in [2.45, 2.75) is 31.6 Å². The number of benzene rings is 1. The predicted octanol–water partition coefficient (Wildman–Crippen LogP) is 2.46. The monoisotopic (exact) mass is 234 g/mol. The van der Waals surface area contributed by atoms with Crippen LogP contribution in [0.15, 0.2) is 18.2 Å². The summed E-state index contributed by atoms with van der Waals surface area (Å²) in [5.41, 5.74) is 1.75. The second-order valence-electron chi connectivity index (χ2n) is 4.70. The second kappa shape index (κ2) is 4.40. The molecule has 0 N–H and O–H groups in total. The number of fused-ring (bicyclic) bond motifs is 1. The number of ether oxygens (including phenoxy) is 2. The highest BCUT2D eigenvalue weighted by atomic mass is 16.5. The molecule has 0 radical (unpaired) electrons. The Bertz CT molecular complexity index is 439. The zero-order valence-electron chi connectivity index (χ0n) is 10.6. The Labute approximate surface area is 102 Å². The van der Waals surface area contributed by atoms with E-state index in [1.165, 1.54) is 12.7 Å². The predicted molar refractivity (Wildman–Crippen MR) is 65.3 cm³/mol. The van der Waals surface area contributed by atoms with Crippen LogP contribution in [-0.2, 0) is 21.4 Å². The van der Waals surface area contributed by atoms with Crippen molar-refractivity contribution in [2.24, 2.45) is 0 Å². The summed E-state index contributed by atoms with van der Waals surface area (Å²) in [5, 5.41) is 0. The first kappa shape index (κ1) is 12.0. The molecule has 1 aliphatic rings. The zero-order chi connectivity index (χ0) is 12.5. The number of hydrogen-bond donors (Lipinski definition) is 0. The van der Waals surface area contributed by atoms with Gasteiger partial charge in [-0.3, -0.25) is 4.79 Å². The molecule has 1 unspecified atom stereocenters. The average molecular weight is 234 g/mol. The number of esters is 1. The number of carbonyl (C=O) groups excluding carboxylic acids is 1. The molecular formula is C14H18O3. The lowest BCUT2D eigenvalue weighted by atomic mass is 9.71. The molecule has 3 nitrogen and oxygen atoms in total. The van der Waals surface area contributed by atoms with Crippen LogP contribution in [0.5, 0.6) is 5.75 Å². The van der Waals surface area contributed by atoms with Crippen molar-refractivity contribution < 1.29 is 14.3 Å². The molecule has 0 amide bonds. The largest absolute Gasteiger partial charge is 0.497 e. The van der Waals surface area contributed by atoms with E-state index < -0.39 is 5.41 Å². The maximum Gasteiger partial charge on any atom is 0.316 e.